The molecule has 3 rings (SSSR count). The van der Waals surface area contributed by atoms with Crippen molar-refractivity contribution in [3.63, 3.8) is 0 Å². The van der Waals surface area contributed by atoms with E-state index in [9.17, 15) is 14.7 Å². The van der Waals surface area contributed by atoms with Gasteiger partial charge in [0.1, 0.15) is 17.0 Å². The normalized spacial score (nSPS) is 12.0. The summed E-state index contributed by atoms with van der Waals surface area (Å²) in [4.78, 5) is 24.3. The van der Waals surface area contributed by atoms with Crippen LogP contribution in [0.5, 0.6) is 0 Å². The summed E-state index contributed by atoms with van der Waals surface area (Å²) in [7, 11) is 0. The van der Waals surface area contributed by atoms with Crippen LogP contribution in [-0.2, 0) is 6.54 Å². The number of aromatic nitrogens is 2. The zero-order valence-electron chi connectivity index (χ0n) is 14.6. The first-order chi connectivity index (χ1) is 13.0. The zero-order valence-corrected chi connectivity index (χ0v) is 15.3. The molecule has 0 saturated carbocycles. The molecular formula is C19H18ClN3O4. The predicted octanol–water partition coefficient (Wildman–Crippen LogP) is 2.26. The van der Waals surface area contributed by atoms with Crippen molar-refractivity contribution in [1.82, 2.24) is 15.0 Å². The van der Waals surface area contributed by atoms with Crippen LogP contribution < -0.4 is 10.9 Å². The summed E-state index contributed by atoms with van der Waals surface area (Å²) in [5, 5.41) is 17.2. The van der Waals surface area contributed by atoms with E-state index < -0.39 is 12.0 Å². The molecule has 2 heterocycles. The van der Waals surface area contributed by atoms with E-state index in [1.165, 1.54) is 10.6 Å². The number of amides is 1. The van der Waals surface area contributed by atoms with Gasteiger partial charge in [0, 0.05) is 24.4 Å². The second-order valence-electron chi connectivity index (χ2n) is 6.00. The SMILES string of the molecule is Cc1onc(-c2ccccc2Cl)c1C(=O)NC[C@@H](O)Cn1ccccc1=O. The van der Waals surface area contributed by atoms with Crippen molar-refractivity contribution in [2.45, 2.75) is 19.6 Å². The maximum atomic E-state index is 12.6. The highest BCUT2D eigenvalue weighted by atomic mass is 35.5. The van der Waals surface area contributed by atoms with E-state index in [4.69, 9.17) is 16.1 Å². The van der Waals surface area contributed by atoms with Crippen LogP contribution >= 0.6 is 11.6 Å². The fraction of sp³-hybridized carbons (Fsp3) is 0.211. The summed E-state index contributed by atoms with van der Waals surface area (Å²) in [6.45, 7) is 1.66. The predicted molar refractivity (Wildman–Crippen MR) is 101 cm³/mol. The standard InChI is InChI=1S/C19H18ClN3O4/c1-12-17(18(22-27-12)14-6-2-3-7-15(14)20)19(26)21-10-13(24)11-23-9-5-4-8-16(23)25/h2-9,13,24H,10-11H2,1H3,(H,21,26)/t13-/m1/s1. The molecule has 1 amide bonds. The third-order valence-electron chi connectivity index (χ3n) is 4.02. The minimum Gasteiger partial charge on any atom is -0.389 e. The number of rotatable bonds is 6. The van der Waals surface area contributed by atoms with E-state index in [2.05, 4.69) is 10.5 Å². The number of carbonyl (C=O) groups is 1. The minimum atomic E-state index is -0.932. The first-order valence-electron chi connectivity index (χ1n) is 8.30. The molecule has 0 fully saturated rings. The van der Waals surface area contributed by atoms with Crippen molar-refractivity contribution in [2.75, 3.05) is 6.54 Å². The van der Waals surface area contributed by atoms with Gasteiger partial charge in [0.15, 0.2) is 0 Å². The molecule has 0 aliphatic rings. The zero-order chi connectivity index (χ0) is 19.4. The highest BCUT2D eigenvalue weighted by Gasteiger charge is 2.23. The summed E-state index contributed by atoms with van der Waals surface area (Å²) in [5.41, 5.74) is 0.952. The third kappa shape index (κ3) is 4.27. The van der Waals surface area contributed by atoms with Crippen molar-refractivity contribution in [3.8, 4) is 11.3 Å². The highest BCUT2D eigenvalue weighted by molar-refractivity contribution is 6.33. The van der Waals surface area contributed by atoms with Crippen LogP contribution in [0.3, 0.4) is 0 Å². The fourth-order valence-corrected chi connectivity index (χ4v) is 2.90. The average molecular weight is 388 g/mol. The lowest BCUT2D eigenvalue weighted by Crippen LogP contribution is -2.36. The second-order valence-corrected chi connectivity index (χ2v) is 6.40. The van der Waals surface area contributed by atoms with Crippen molar-refractivity contribution in [3.05, 3.63) is 75.4 Å². The van der Waals surface area contributed by atoms with E-state index >= 15 is 0 Å². The van der Waals surface area contributed by atoms with E-state index in [1.807, 2.05) is 0 Å². The molecule has 0 aliphatic heterocycles. The van der Waals surface area contributed by atoms with Crippen molar-refractivity contribution in [2.24, 2.45) is 0 Å². The molecule has 1 aromatic carbocycles. The van der Waals surface area contributed by atoms with E-state index in [-0.39, 0.29) is 24.2 Å². The molecular weight excluding hydrogens is 370 g/mol. The molecule has 140 valence electrons. The van der Waals surface area contributed by atoms with Gasteiger partial charge in [0.2, 0.25) is 0 Å². The van der Waals surface area contributed by atoms with Gasteiger partial charge in [-0.05, 0) is 19.1 Å². The Bertz CT molecular complexity index is 1010. The van der Waals surface area contributed by atoms with E-state index in [0.29, 0.717) is 22.0 Å². The van der Waals surface area contributed by atoms with Crippen LogP contribution in [0.15, 0.2) is 58.0 Å². The fourth-order valence-electron chi connectivity index (χ4n) is 2.68. The van der Waals surface area contributed by atoms with Gasteiger partial charge in [0.05, 0.1) is 17.7 Å². The topological polar surface area (TPSA) is 97.4 Å². The Morgan fingerprint density at radius 1 is 1.30 bits per heavy atom. The van der Waals surface area contributed by atoms with Crippen LogP contribution in [0.25, 0.3) is 11.3 Å². The molecule has 0 aliphatic carbocycles. The number of pyridine rings is 1. The van der Waals surface area contributed by atoms with Crippen molar-refractivity contribution >= 4 is 17.5 Å². The number of benzene rings is 1. The monoisotopic (exact) mass is 387 g/mol. The number of hydrogen-bond donors (Lipinski definition) is 2. The lowest BCUT2D eigenvalue weighted by molar-refractivity contribution is 0.0902. The Morgan fingerprint density at radius 2 is 2.04 bits per heavy atom. The maximum Gasteiger partial charge on any atom is 0.257 e. The number of aryl methyl sites for hydroxylation is 1. The van der Waals surface area contributed by atoms with Gasteiger partial charge >= 0.3 is 0 Å². The Labute approximate surface area is 160 Å². The van der Waals surface area contributed by atoms with Gasteiger partial charge in [0.25, 0.3) is 11.5 Å². The molecule has 0 unspecified atom stereocenters. The van der Waals surface area contributed by atoms with Crippen molar-refractivity contribution in [1.29, 1.82) is 0 Å². The Hall–Kier alpha value is -2.90. The number of halogens is 1. The molecule has 8 heteroatoms. The first-order valence-corrected chi connectivity index (χ1v) is 8.68. The number of aliphatic hydroxyl groups is 1. The molecule has 2 N–H and O–H groups in total. The summed E-state index contributed by atoms with van der Waals surface area (Å²) >= 11 is 6.19. The van der Waals surface area contributed by atoms with Crippen LogP contribution in [-0.4, -0.2) is 33.4 Å². The lowest BCUT2D eigenvalue weighted by Gasteiger charge is -2.13. The van der Waals surface area contributed by atoms with Gasteiger partial charge in [-0.2, -0.15) is 0 Å². The molecule has 0 bridgehead atoms. The summed E-state index contributed by atoms with van der Waals surface area (Å²) < 4.78 is 6.54. The number of hydrogen-bond acceptors (Lipinski definition) is 5. The Balaban J connectivity index is 1.72. The minimum absolute atomic E-state index is 0.0350. The van der Waals surface area contributed by atoms with Crippen LogP contribution in [0.1, 0.15) is 16.1 Å². The average Bonchev–Trinajstić information content (AvgIpc) is 3.03. The summed E-state index contributed by atoms with van der Waals surface area (Å²) in [5.74, 6) is -0.0979. The highest BCUT2D eigenvalue weighted by Crippen LogP contribution is 2.30. The molecule has 0 spiro atoms. The molecule has 2 aromatic heterocycles. The molecule has 0 radical (unpaired) electrons. The quantitative estimate of drug-likeness (QED) is 0.676. The van der Waals surface area contributed by atoms with Crippen LogP contribution in [0.2, 0.25) is 5.02 Å². The van der Waals surface area contributed by atoms with Crippen LogP contribution in [0.4, 0.5) is 0 Å². The number of nitrogens with one attached hydrogen (secondary N) is 1. The molecule has 3 aromatic rings. The largest absolute Gasteiger partial charge is 0.389 e. The van der Waals surface area contributed by atoms with Gasteiger partial charge in [-0.1, -0.05) is 41.0 Å². The molecule has 27 heavy (non-hydrogen) atoms. The van der Waals surface area contributed by atoms with Crippen molar-refractivity contribution < 1.29 is 14.4 Å². The number of nitrogens with zero attached hydrogens (tertiary/aromatic N) is 2. The molecule has 7 nitrogen and oxygen atoms in total. The third-order valence-corrected chi connectivity index (χ3v) is 4.35. The summed E-state index contributed by atoms with van der Waals surface area (Å²) in [6, 6.07) is 11.7. The Kier molecular flexibility index (Phi) is 5.73. The number of carbonyl (C=O) groups excluding carboxylic acids is 1. The van der Waals surface area contributed by atoms with E-state index in [1.54, 1.807) is 49.5 Å². The van der Waals surface area contributed by atoms with Gasteiger partial charge in [-0.3, -0.25) is 9.59 Å². The molecule has 0 saturated heterocycles. The van der Waals surface area contributed by atoms with E-state index in [0.717, 1.165) is 0 Å². The number of aliphatic hydroxyl groups excluding tert-OH is 1. The van der Waals surface area contributed by atoms with Crippen LogP contribution in [0, 0.1) is 6.92 Å². The molecule has 1 atom stereocenters. The second kappa shape index (κ2) is 8.20. The van der Waals surface area contributed by atoms with Gasteiger partial charge in [-0.15, -0.1) is 0 Å². The van der Waals surface area contributed by atoms with Gasteiger partial charge < -0.3 is 19.5 Å². The Morgan fingerprint density at radius 3 is 2.78 bits per heavy atom. The lowest BCUT2D eigenvalue weighted by atomic mass is 10.1. The smallest absolute Gasteiger partial charge is 0.257 e. The first kappa shape index (κ1) is 18.9. The maximum absolute atomic E-state index is 12.6. The summed E-state index contributed by atoms with van der Waals surface area (Å²) in [6.07, 6.45) is 0.644. The van der Waals surface area contributed by atoms with Gasteiger partial charge in [-0.25, -0.2) is 0 Å².